The highest BCUT2D eigenvalue weighted by molar-refractivity contribution is 5.42. The van der Waals surface area contributed by atoms with Crippen molar-refractivity contribution in [2.45, 2.75) is 26.3 Å². The molecule has 0 radical (unpaired) electrons. The quantitative estimate of drug-likeness (QED) is 0.762. The van der Waals surface area contributed by atoms with Crippen molar-refractivity contribution in [1.82, 2.24) is 14.7 Å². The van der Waals surface area contributed by atoms with Crippen LogP contribution in [-0.2, 0) is 11.3 Å². The molecule has 1 N–H and O–H groups in total. The molecule has 0 fully saturated rings. The number of hydrogen-bond acceptors (Lipinski definition) is 3. The van der Waals surface area contributed by atoms with Crippen molar-refractivity contribution in [3.8, 4) is 0 Å². The number of nitrogens with zero attached hydrogens (tertiary/aromatic N) is 2. The summed E-state index contributed by atoms with van der Waals surface area (Å²) in [6, 6.07) is 6.09. The fourth-order valence-corrected chi connectivity index (χ4v) is 2.08. The molecule has 4 heteroatoms. The lowest BCUT2D eigenvalue weighted by molar-refractivity contribution is 0.192. The van der Waals surface area contributed by atoms with Crippen LogP contribution in [0.3, 0.4) is 0 Å². The largest absolute Gasteiger partial charge is 0.385 e. The Hall–Kier alpha value is -1.39. The van der Waals surface area contributed by atoms with Crippen molar-refractivity contribution in [1.29, 1.82) is 0 Å². The van der Waals surface area contributed by atoms with E-state index in [0.717, 1.165) is 43.9 Å². The molecule has 0 amide bonds. The summed E-state index contributed by atoms with van der Waals surface area (Å²) in [6.07, 6.45) is 4.32. The topological polar surface area (TPSA) is 38.6 Å². The lowest BCUT2D eigenvalue weighted by Gasteiger charge is -2.05. The van der Waals surface area contributed by atoms with Crippen LogP contribution in [0, 0.1) is 6.92 Å². The molecule has 0 atom stereocenters. The molecule has 0 saturated carbocycles. The summed E-state index contributed by atoms with van der Waals surface area (Å²) in [5, 5.41) is 3.46. The van der Waals surface area contributed by atoms with E-state index in [1.54, 1.807) is 7.11 Å². The molecule has 0 bridgehead atoms. The van der Waals surface area contributed by atoms with Gasteiger partial charge in [0.2, 0.25) is 0 Å². The van der Waals surface area contributed by atoms with Crippen molar-refractivity contribution in [3.63, 3.8) is 0 Å². The van der Waals surface area contributed by atoms with Gasteiger partial charge in [0.1, 0.15) is 5.65 Å². The number of aryl methyl sites for hydroxylation is 1. The van der Waals surface area contributed by atoms with Gasteiger partial charge in [-0.25, -0.2) is 4.98 Å². The van der Waals surface area contributed by atoms with Crippen molar-refractivity contribution in [2.75, 3.05) is 20.3 Å². The lowest BCUT2D eigenvalue weighted by atomic mass is 10.3. The van der Waals surface area contributed by atoms with Crippen molar-refractivity contribution in [2.24, 2.45) is 0 Å². The van der Waals surface area contributed by atoms with E-state index < -0.39 is 0 Å². The first-order valence-corrected chi connectivity index (χ1v) is 6.45. The molecule has 0 aliphatic carbocycles. The smallest absolute Gasteiger partial charge is 0.137 e. The Morgan fingerprint density at radius 3 is 3.06 bits per heavy atom. The summed E-state index contributed by atoms with van der Waals surface area (Å²) in [6.45, 7) is 4.79. The van der Waals surface area contributed by atoms with Gasteiger partial charge < -0.3 is 14.5 Å². The molecule has 0 aliphatic heterocycles. The summed E-state index contributed by atoms with van der Waals surface area (Å²) in [5.74, 6) is 0. The zero-order valence-electron chi connectivity index (χ0n) is 11.1. The highest BCUT2D eigenvalue weighted by atomic mass is 16.5. The Bertz CT molecular complexity index is 493. The fourth-order valence-electron chi connectivity index (χ4n) is 2.08. The number of pyridine rings is 1. The fraction of sp³-hybridized carbons (Fsp3) is 0.500. The van der Waals surface area contributed by atoms with E-state index in [9.17, 15) is 0 Å². The molecule has 4 nitrogen and oxygen atoms in total. The van der Waals surface area contributed by atoms with Gasteiger partial charge in [-0.2, -0.15) is 0 Å². The van der Waals surface area contributed by atoms with Crippen molar-refractivity contribution < 1.29 is 4.74 Å². The Morgan fingerprint density at radius 2 is 2.22 bits per heavy atom. The van der Waals surface area contributed by atoms with E-state index >= 15 is 0 Å². The summed E-state index contributed by atoms with van der Waals surface area (Å²) < 4.78 is 7.18. The van der Waals surface area contributed by atoms with Gasteiger partial charge in [0.25, 0.3) is 0 Å². The Balaban J connectivity index is 1.89. The molecular formula is C14H21N3O. The summed E-state index contributed by atoms with van der Waals surface area (Å²) in [7, 11) is 1.75. The predicted octanol–water partition coefficient (Wildman–Crippen LogP) is 2.16. The number of ether oxygens (including phenoxy) is 1. The molecule has 2 heterocycles. The normalized spacial score (nSPS) is 11.2. The lowest BCUT2D eigenvalue weighted by Crippen LogP contribution is -2.17. The number of aromatic nitrogens is 2. The zero-order valence-corrected chi connectivity index (χ0v) is 11.1. The van der Waals surface area contributed by atoms with Crippen LogP contribution in [0.2, 0.25) is 0 Å². The third-order valence-corrected chi connectivity index (χ3v) is 3.07. The van der Waals surface area contributed by atoms with Crippen molar-refractivity contribution >= 4 is 5.65 Å². The van der Waals surface area contributed by atoms with E-state index in [4.69, 9.17) is 4.74 Å². The minimum Gasteiger partial charge on any atom is -0.385 e. The van der Waals surface area contributed by atoms with Crippen LogP contribution in [0.4, 0.5) is 0 Å². The van der Waals surface area contributed by atoms with E-state index in [2.05, 4.69) is 27.8 Å². The molecule has 0 spiro atoms. The Morgan fingerprint density at radius 1 is 1.33 bits per heavy atom. The molecular weight excluding hydrogens is 226 g/mol. The highest BCUT2D eigenvalue weighted by Gasteiger charge is 2.06. The van der Waals surface area contributed by atoms with E-state index in [1.807, 2.05) is 18.2 Å². The summed E-state index contributed by atoms with van der Waals surface area (Å²) in [4.78, 5) is 4.54. The van der Waals surface area contributed by atoms with Gasteiger partial charge in [0.15, 0.2) is 0 Å². The molecule has 0 unspecified atom stereocenters. The molecule has 98 valence electrons. The van der Waals surface area contributed by atoms with E-state index in [0.29, 0.717) is 0 Å². The minimum absolute atomic E-state index is 0.844. The molecule has 2 aromatic rings. The van der Waals surface area contributed by atoms with Gasteiger partial charge in [-0.15, -0.1) is 0 Å². The average molecular weight is 247 g/mol. The second-order valence-electron chi connectivity index (χ2n) is 4.45. The van der Waals surface area contributed by atoms with E-state index in [-0.39, 0.29) is 0 Å². The standard InChI is InChI=1S/C14H21N3O/c1-12-13(11-15-8-4-6-10-18-2)17-9-5-3-7-14(17)16-12/h3,5,7,9,15H,4,6,8,10-11H2,1-2H3. The predicted molar refractivity (Wildman–Crippen MR) is 72.7 cm³/mol. The first-order chi connectivity index (χ1) is 8.83. The van der Waals surface area contributed by atoms with E-state index in [1.165, 1.54) is 5.69 Å². The van der Waals surface area contributed by atoms with Crippen molar-refractivity contribution in [3.05, 3.63) is 35.8 Å². The third-order valence-electron chi connectivity index (χ3n) is 3.07. The van der Waals surface area contributed by atoms with Crippen LogP contribution in [0.15, 0.2) is 24.4 Å². The van der Waals surface area contributed by atoms with Gasteiger partial charge in [0.05, 0.1) is 11.4 Å². The Labute approximate surface area is 108 Å². The molecule has 18 heavy (non-hydrogen) atoms. The number of nitrogens with one attached hydrogen (secondary N) is 1. The number of unbranched alkanes of at least 4 members (excludes halogenated alkanes) is 1. The van der Waals surface area contributed by atoms with Crippen LogP contribution < -0.4 is 5.32 Å². The third kappa shape index (κ3) is 3.09. The van der Waals surface area contributed by atoms with Gasteiger partial charge in [-0.05, 0) is 38.4 Å². The number of rotatable bonds is 7. The maximum atomic E-state index is 5.03. The zero-order chi connectivity index (χ0) is 12.8. The maximum Gasteiger partial charge on any atom is 0.137 e. The van der Waals surface area contributed by atoms with Crippen LogP contribution in [0.1, 0.15) is 24.2 Å². The molecule has 2 aromatic heterocycles. The van der Waals surface area contributed by atoms with Crippen LogP contribution >= 0.6 is 0 Å². The number of fused-ring (bicyclic) bond motifs is 1. The molecule has 2 rings (SSSR count). The number of hydrogen-bond donors (Lipinski definition) is 1. The number of methoxy groups -OCH3 is 1. The maximum absolute atomic E-state index is 5.03. The van der Waals surface area contributed by atoms with Gasteiger partial charge in [-0.1, -0.05) is 6.07 Å². The first kappa shape index (κ1) is 13.1. The van der Waals surface area contributed by atoms with Gasteiger partial charge in [0, 0.05) is 26.5 Å². The second kappa shape index (κ2) is 6.52. The Kier molecular flexibility index (Phi) is 4.73. The minimum atomic E-state index is 0.844. The summed E-state index contributed by atoms with van der Waals surface area (Å²) in [5.41, 5.74) is 3.37. The molecule has 0 aliphatic rings. The second-order valence-corrected chi connectivity index (χ2v) is 4.45. The highest BCUT2D eigenvalue weighted by Crippen LogP contribution is 2.11. The summed E-state index contributed by atoms with van der Waals surface area (Å²) >= 11 is 0. The average Bonchev–Trinajstić information content (AvgIpc) is 2.70. The first-order valence-electron chi connectivity index (χ1n) is 6.45. The van der Waals surface area contributed by atoms with Crippen LogP contribution in [0.25, 0.3) is 5.65 Å². The van der Waals surface area contributed by atoms with Crippen LogP contribution in [0.5, 0.6) is 0 Å². The van der Waals surface area contributed by atoms with Crippen LogP contribution in [-0.4, -0.2) is 29.6 Å². The monoisotopic (exact) mass is 247 g/mol. The molecule has 0 saturated heterocycles. The van der Waals surface area contributed by atoms with Gasteiger partial charge >= 0.3 is 0 Å². The molecule has 0 aromatic carbocycles. The number of imidazole rings is 1. The SMILES string of the molecule is COCCCCNCc1c(C)nc2ccccn12. The van der Waals surface area contributed by atoms with Gasteiger partial charge in [-0.3, -0.25) is 0 Å².